The molecule has 3 saturated heterocycles. The standard InChI is InChI=1S/C52H70O32/c1-7-20-23(12-33(56)74-10-9-22-25(11-32(55)70-3)28(46(69)73-6)18-78-49(22)84-51-42(65)39(62)36(59)30(15-54)80-51)26(44(67)71-4)16-77-48(20)83-52-43(66)40(63)37(60)31(81-52)19-75-34(57)13-24-21(8-2)47(76-17-27(24)45(68)72-5)82-50-41(64)38(61)35(58)29(14-53)79-50/h7-9,16-18,23-25,29-31,35-43,47-54,58-66H,10-15,19H2,1-6H3/b20-7+,21-8-,22-9-/t23-,24-,25-,29+,30+,31+,35+,36+,37+,38-,39-,40-,41+,42+,43+,47-,48-,49-,50-,51-,52-/m0/s1. The lowest BCUT2D eigenvalue weighted by Gasteiger charge is -2.42. The van der Waals surface area contributed by atoms with Crippen LogP contribution >= 0.6 is 0 Å². The molecule has 6 rings (SSSR count). The maximum Gasteiger partial charge on any atom is 0.337 e. The number of carbonyl (C=O) groups is 6. The first kappa shape index (κ1) is 67.1. The maximum atomic E-state index is 13.8. The van der Waals surface area contributed by atoms with Crippen LogP contribution in [0.5, 0.6) is 0 Å². The number of hydrogen-bond acceptors (Lipinski definition) is 32. The van der Waals surface area contributed by atoms with Gasteiger partial charge in [0.25, 0.3) is 0 Å². The van der Waals surface area contributed by atoms with Crippen molar-refractivity contribution in [3.63, 3.8) is 0 Å². The summed E-state index contributed by atoms with van der Waals surface area (Å²) in [5, 5.41) is 115. The summed E-state index contributed by atoms with van der Waals surface area (Å²) in [5.74, 6) is -9.58. The van der Waals surface area contributed by atoms with E-state index < -0.39 is 210 Å². The summed E-state index contributed by atoms with van der Waals surface area (Å²) in [6, 6.07) is 0. The van der Waals surface area contributed by atoms with Gasteiger partial charge in [-0.15, -0.1) is 0 Å². The Hall–Kier alpha value is -6.02. The SMILES string of the molecule is C/C=C1\[C@H](O[C@@H]2O[C@H](CO)[C@@H](O)[C@H](O)[C@H]2O)OC=C(C(=O)OC)[C@H]1CC(=O)OC[C@H]1O[C@@H](O[C@@H]2OC=C(C(=O)OC)[C@@H](CC(=O)OC/C=C3\[C@H](O[C@@H]4O[C@H](CO)[C@@H](O)[C@H](O)[C@H]4O)OC=C(C(=O)OC)[C@H]3CC(=O)OC)/C2=C\C)[C@H](O)[C@@H](O)[C@@H]1O. The van der Waals surface area contributed by atoms with E-state index in [4.69, 9.17) is 71.1 Å². The van der Waals surface area contributed by atoms with Crippen LogP contribution in [0.3, 0.4) is 0 Å². The van der Waals surface area contributed by atoms with Crippen molar-refractivity contribution in [2.45, 2.75) is 144 Å². The number of esters is 6. The smallest absolute Gasteiger partial charge is 0.337 e. The highest BCUT2D eigenvalue weighted by molar-refractivity contribution is 5.92. The quantitative estimate of drug-likeness (QED) is 0.0291. The van der Waals surface area contributed by atoms with Crippen LogP contribution in [0.15, 0.2) is 70.5 Å². The van der Waals surface area contributed by atoms with Crippen LogP contribution in [0.2, 0.25) is 0 Å². The van der Waals surface area contributed by atoms with Gasteiger partial charge in [0.2, 0.25) is 18.9 Å². The second kappa shape index (κ2) is 30.4. The lowest BCUT2D eigenvalue weighted by Crippen LogP contribution is -2.60. The normalized spacial score (nSPS) is 37.5. The number of rotatable bonds is 21. The molecule has 32 nitrogen and oxygen atoms in total. The van der Waals surface area contributed by atoms with E-state index in [1.165, 1.54) is 32.1 Å². The van der Waals surface area contributed by atoms with E-state index in [-0.39, 0.29) is 33.4 Å². The van der Waals surface area contributed by atoms with Crippen LogP contribution in [-0.4, -0.2) is 258 Å². The summed E-state index contributed by atoms with van der Waals surface area (Å²) in [7, 11) is 4.22. The zero-order valence-corrected chi connectivity index (χ0v) is 46.0. The molecule has 0 amide bonds. The van der Waals surface area contributed by atoms with E-state index in [1.807, 2.05) is 0 Å². The Labute approximate surface area is 478 Å². The maximum absolute atomic E-state index is 13.8. The first-order valence-corrected chi connectivity index (χ1v) is 26.0. The van der Waals surface area contributed by atoms with Crippen molar-refractivity contribution in [2.24, 2.45) is 17.8 Å². The Bertz CT molecular complexity index is 2520. The molecular weight excluding hydrogens is 1140 g/mol. The molecule has 0 aromatic heterocycles. The van der Waals surface area contributed by atoms with Crippen molar-refractivity contribution in [1.29, 1.82) is 0 Å². The van der Waals surface area contributed by atoms with E-state index in [1.54, 1.807) is 0 Å². The van der Waals surface area contributed by atoms with Crippen LogP contribution in [0.25, 0.3) is 0 Å². The highest BCUT2D eigenvalue weighted by Gasteiger charge is 2.51. The number of carbonyl (C=O) groups excluding carboxylic acids is 6. The van der Waals surface area contributed by atoms with Gasteiger partial charge in [0, 0.05) is 34.5 Å². The monoisotopic (exact) mass is 1210 g/mol. The Morgan fingerprint density at radius 1 is 0.440 bits per heavy atom. The molecule has 0 unspecified atom stereocenters. The molecule has 11 N–H and O–H groups in total. The van der Waals surface area contributed by atoms with Gasteiger partial charge in [0.05, 0.1) is 96.4 Å². The molecule has 0 aromatic carbocycles. The fourth-order valence-electron chi connectivity index (χ4n) is 9.77. The highest BCUT2D eigenvalue weighted by Crippen LogP contribution is 2.40. The minimum absolute atomic E-state index is 0.0202. The lowest BCUT2D eigenvalue weighted by molar-refractivity contribution is -0.328. The second-order valence-corrected chi connectivity index (χ2v) is 19.4. The number of methoxy groups -OCH3 is 4. The first-order chi connectivity index (χ1) is 40.0. The summed E-state index contributed by atoms with van der Waals surface area (Å²) in [5.41, 5.74) is -0.690. The Balaban J connectivity index is 1.15. The van der Waals surface area contributed by atoms with Crippen LogP contribution < -0.4 is 0 Å². The van der Waals surface area contributed by atoms with Crippen LogP contribution in [0, 0.1) is 17.8 Å². The van der Waals surface area contributed by atoms with Crippen molar-refractivity contribution in [3.05, 3.63) is 70.5 Å². The largest absolute Gasteiger partial charge is 0.469 e. The summed E-state index contributed by atoms with van der Waals surface area (Å²) in [6.45, 7) is -0.137. The number of aliphatic hydroxyl groups is 11. The van der Waals surface area contributed by atoms with Crippen LogP contribution in [-0.2, 0) is 99.8 Å². The average Bonchev–Trinajstić information content (AvgIpc) is 2.54. The molecule has 84 heavy (non-hydrogen) atoms. The van der Waals surface area contributed by atoms with E-state index in [0.717, 1.165) is 47.2 Å². The molecule has 0 spiro atoms. The van der Waals surface area contributed by atoms with Crippen molar-refractivity contribution in [1.82, 2.24) is 0 Å². The van der Waals surface area contributed by atoms with Gasteiger partial charge in [-0.1, -0.05) is 12.2 Å². The van der Waals surface area contributed by atoms with Crippen molar-refractivity contribution < 1.29 is 156 Å². The third kappa shape index (κ3) is 15.1. The molecule has 6 heterocycles. The third-order valence-corrected chi connectivity index (χ3v) is 14.5. The van der Waals surface area contributed by atoms with Crippen molar-refractivity contribution in [3.8, 4) is 0 Å². The number of ether oxygens (including phenoxy) is 15. The summed E-state index contributed by atoms with van der Waals surface area (Å²) in [4.78, 5) is 79.1. The summed E-state index contributed by atoms with van der Waals surface area (Å²) >= 11 is 0. The van der Waals surface area contributed by atoms with E-state index in [9.17, 15) is 84.9 Å². The molecule has 32 heteroatoms. The zero-order chi connectivity index (χ0) is 61.9. The number of hydrogen-bond donors (Lipinski definition) is 11. The van der Waals surface area contributed by atoms with Gasteiger partial charge in [-0.25, -0.2) is 14.4 Å². The van der Waals surface area contributed by atoms with E-state index >= 15 is 0 Å². The summed E-state index contributed by atoms with van der Waals surface area (Å²) < 4.78 is 81.8. The molecule has 6 aliphatic rings. The van der Waals surface area contributed by atoms with Crippen LogP contribution in [0.4, 0.5) is 0 Å². The van der Waals surface area contributed by atoms with Crippen molar-refractivity contribution >= 4 is 35.8 Å². The Kier molecular flexibility index (Phi) is 24.3. The third-order valence-electron chi connectivity index (χ3n) is 14.5. The van der Waals surface area contributed by atoms with Gasteiger partial charge in [-0.3, -0.25) is 14.4 Å². The number of aliphatic hydroxyl groups excluding tert-OH is 11. The highest BCUT2D eigenvalue weighted by atomic mass is 16.8. The van der Waals surface area contributed by atoms with Crippen molar-refractivity contribution in [2.75, 3.05) is 54.9 Å². The molecule has 0 bridgehead atoms. The molecule has 0 aliphatic carbocycles. The first-order valence-electron chi connectivity index (χ1n) is 26.0. The zero-order valence-electron chi connectivity index (χ0n) is 46.0. The fraction of sp³-hybridized carbons (Fsp3) is 0.654. The second-order valence-electron chi connectivity index (χ2n) is 19.4. The molecule has 3 fully saturated rings. The molecule has 0 saturated carbocycles. The predicted octanol–water partition coefficient (Wildman–Crippen LogP) is -5.22. The van der Waals surface area contributed by atoms with Gasteiger partial charge < -0.3 is 127 Å². The predicted molar refractivity (Wildman–Crippen MR) is 266 cm³/mol. The van der Waals surface area contributed by atoms with Gasteiger partial charge in [0.1, 0.15) is 86.5 Å². The van der Waals surface area contributed by atoms with Crippen LogP contribution in [0.1, 0.15) is 33.1 Å². The Morgan fingerprint density at radius 3 is 1.13 bits per heavy atom. The molecular formula is C52H70O32. The molecule has 0 radical (unpaired) electrons. The molecule has 470 valence electrons. The number of allylic oxidation sites excluding steroid dienone is 2. The Morgan fingerprint density at radius 2 is 0.774 bits per heavy atom. The minimum atomic E-state index is -2.03. The van der Waals surface area contributed by atoms with Gasteiger partial charge in [0.15, 0.2) is 18.9 Å². The average molecular weight is 1210 g/mol. The molecule has 6 aliphatic heterocycles. The minimum Gasteiger partial charge on any atom is -0.469 e. The van der Waals surface area contributed by atoms with E-state index in [0.29, 0.717) is 0 Å². The van der Waals surface area contributed by atoms with Gasteiger partial charge >= 0.3 is 35.8 Å². The van der Waals surface area contributed by atoms with E-state index in [2.05, 4.69) is 0 Å². The van der Waals surface area contributed by atoms with Gasteiger partial charge in [-0.05, 0) is 19.9 Å². The topological polar surface area (TPSA) is 463 Å². The van der Waals surface area contributed by atoms with Gasteiger partial charge in [-0.2, -0.15) is 0 Å². The lowest BCUT2D eigenvalue weighted by atomic mass is 9.86. The molecule has 21 atom stereocenters. The fourth-order valence-corrected chi connectivity index (χ4v) is 9.77. The summed E-state index contributed by atoms with van der Waals surface area (Å²) in [6.07, 6.45) is -26.8. The molecule has 0 aromatic rings.